The first-order valence-corrected chi connectivity index (χ1v) is 4.17. The van der Waals surface area contributed by atoms with E-state index in [0.29, 0.717) is 0 Å². The molecule has 0 radical (unpaired) electrons. The maximum absolute atomic E-state index is 8.50. The molecule has 0 aromatic carbocycles. The van der Waals surface area contributed by atoms with Crippen molar-refractivity contribution in [2.24, 2.45) is 5.41 Å². The minimum absolute atomic E-state index is 0.406. The van der Waals surface area contributed by atoms with Crippen LogP contribution in [0.15, 0.2) is 12.2 Å². The molecule has 0 saturated heterocycles. The zero-order valence-electron chi connectivity index (χ0n) is 8.27. The molecule has 0 unspecified atom stereocenters. The van der Waals surface area contributed by atoms with Gasteiger partial charge in [0.15, 0.2) is 0 Å². The van der Waals surface area contributed by atoms with E-state index >= 15 is 0 Å². The Kier molecular flexibility index (Phi) is 11.2. The predicted octanol–water partition coefficient (Wildman–Crippen LogP) is -0.476. The highest BCUT2D eigenvalue weighted by Gasteiger charge is 2.26. The lowest BCUT2D eigenvalue weighted by molar-refractivity contribution is -0.0328. The molecule has 0 bridgehead atoms. The third-order valence-electron chi connectivity index (χ3n) is 1.67. The van der Waals surface area contributed by atoms with Crippen LogP contribution in [0.5, 0.6) is 0 Å². The number of rotatable bonds is 4. The summed E-state index contributed by atoms with van der Waals surface area (Å²) < 4.78 is 0. The average Bonchev–Trinajstić information content (AvgIpc) is 2.23. The summed E-state index contributed by atoms with van der Waals surface area (Å²) in [5.41, 5.74) is -1.11. The lowest BCUT2D eigenvalue weighted by Crippen LogP contribution is -2.37. The van der Waals surface area contributed by atoms with Crippen molar-refractivity contribution in [2.45, 2.75) is 13.8 Å². The van der Waals surface area contributed by atoms with E-state index < -0.39 is 31.8 Å². The standard InChI is InChI=1S/C5H12O4.C4H8/c6-1-5(2-7,3-8)4-9;1-3-4-2/h6-9H,1-4H2;3-4H,1-2H3. The van der Waals surface area contributed by atoms with Gasteiger partial charge in [0, 0.05) is 0 Å². The Hall–Kier alpha value is -0.420. The van der Waals surface area contributed by atoms with E-state index in [1.54, 1.807) is 0 Å². The third-order valence-corrected chi connectivity index (χ3v) is 1.67. The molecule has 0 amide bonds. The SMILES string of the molecule is CC=CC.OCC(CO)(CO)CO. The molecule has 0 saturated carbocycles. The van der Waals surface area contributed by atoms with Gasteiger partial charge in [-0.25, -0.2) is 0 Å². The van der Waals surface area contributed by atoms with Crippen LogP contribution in [0.2, 0.25) is 0 Å². The Bertz CT molecular complexity index is 97.3. The number of aliphatic hydroxyl groups excluding tert-OH is 4. The third kappa shape index (κ3) is 6.72. The van der Waals surface area contributed by atoms with Crippen LogP contribution in [0.1, 0.15) is 13.8 Å². The van der Waals surface area contributed by atoms with E-state index in [9.17, 15) is 0 Å². The molecular formula is C9H20O4. The molecule has 4 nitrogen and oxygen atoms in total. The molecule has 80 valence electrons. The fraction of sp³-hybridized carbons (Fsp3) is 0.778. The van der Waals surface area contributed by atoms with Crippen molar-refractivity contribution in [3.05, 3.63) is 12.2 Å². The van der Waals surface area contributed by atoms with Gasteiger partial charge in [-0.1, -0.05) is 12.2 Å². The number of aliphatic hydroxyl groups is 4. The van der Waals surface area contributed by atoms with Gasteiger partial charge in [0.25, 0.3) is 0 Å². The molecule has 0 aliphatic heterocycles. The lowest BCUT2D eigenvalue weighted by atomic mass is 9.93. The second kappa shape index (κ2) is 9.67. The van der Waals surface area contributed by atoms with Gasteiger partial charge in [0.1, 0.15) is 0 Å². The van der Waals surface area contributed by atoms with E-state index in [2.05, 4.69) is 0 Å². The van der Waals surface area contributed by atoms with Crippen LogP contribution in [0.4, 0.5) is 0 Å². The molecule has 13 heavy (non-hydrogen) atoms. The van der Waals surface area contributed by atoms with E-state index in [1.807, 2.05) is 26.0 Å². The first kappa shape index (κ1) is 15.1. The zero-order valence-corrected chi connectivity index (χ0v) is 8.27. The van der Waals surface area contributed by atoms with Gasteiger partial charge in [-0.3, -0.25) is 0 Å². The van der Waals surface area contributed by atoms with Crippen LogP contribution in [0.25, 0.3) is 0 Å². The Morgan fingerprint density at radius 2 is 1.00 bits per heavy atom. The minimum atomic E-state index is -1.11. The Labute approximate surface area is 79.2 Å². The van der Waals surface area contributed by atoms with Gasteiger partial charge in [0.05, 0.1) is 31.8 Å². The van der Waals surface area contributed by atoms with Crippen LogP contribution < -0.4 is 0 Å². The molecular weight excluding hydrogens is 172 g/mol. The highest BCUT2D eigenvalue weighted by Crippen LogP contribution is 2.11. The van der Waals surface area contributed by atoms with Crippen molar-refractivity contribution in [3.63, 3.8) is 0 Å². The summed E-state index contributed by atoms with van der Waals surface area (Å²) in [6.45, 7) is 2.38. The van der Waals surface area contributed by atoms with Gasteiger partial charge in [0.2, 0.25) is 0 Å². The largest absolute Gasteiger partial charge is 0.396 e. The molecule has 0 heterocycles. The van der Waals surface area contributed by atoms with Gasteiger partial charge < -0.3 is 20.4 Å². The van der Waals surface area contributed by atoms with Crippen LogP contribution in [0, 0.1) is 5.41 Å². The molecule has 0 fully saturated rings. The van der Waals surface area contributed by atoms with Crippen molar-refractivity contribution in [1.82, 2.24) is 0 Å². The lowest BCUT2D eigenvalue weighted by Gasteiger charge is -2.23. The van der Waals surface area contributed by atoms with Crippen LogP contribution in [-0.4, -0.2) is 46.9 Å². The maximum Gasteiger partial charge on any atom is 0.0627 e. The van der Waals surface area contributed by atoms with Gasteiger partial charge in [-0.15, -0.1) is 0 Å². The van der Waals surface area contributed by atoms with E-state index in [0.717, 1.165) is 0 Å². The Balaban J connectivity index is 0. The number of allylic oxidation sites excluding steroid dienone is 2. The highest BCUT2D eigenvalue weighted by atomic mass is 16.3. The Morgan fingerprint density at radius 3 is 1.00 bits per heavy atom. The quantitative estimate of drug-likeness (QED) is 0.454. The van der Waals surface area contributed by atoms with E-state index in [1.165, 1.54) is 0 Å². The zero-order chi connectivity index (χ0) is 10.7. The first-order chi connectivity index (χ1) is 6.16. The second-order valence-corrected chi connectivity index (χ2v) is 2.80. The summed E-state index contributed by atoms with van der Waals surface area (Å²) in [4.78, 5) is 0. The van der Waals surface area contributed by atoms with Gasteiger partial charge in [-0.2, -0.15) is 0 Å². The van der Waals surface area contributed by atoms with E-state index in [4.69, 9.17) is 20.4 Å². The monoisotopic (exact) mass is 192 g/mol. The molecule has 0 aliphatic carbocycles. The maximum atomic E-state index is 8.50. The van der Waals surface area contributed by atoms with Crippen molar-refractivity contribution >= 4 is 0 Å². The van der Waals surface area contributed by atoms with Crippen molar-refractivity contribution < 1.29 is 20.4 Å². The van der Waals surface area contributed by atoms with Crippen molar-refractivity contribution in [2.75, 3.05) is 26.4 Å². The smallest absolute Gasteiger partial charge is 0.0627 e. The molecule has 0 aliphatic rings. The van der Waals surface area contributed by atoms with Crippen LogP contribution in [0.3, 0.4) is 0 Å². The minimum Gasteiger partial charge on any atom is -0.396 e. The number of hydrogen-bond acceptors (Lipinski definition) is 4. The fourth-order valence-electron chi connectivity index (χ4n) is 0.300. The topological polar surface area (TPSA) is 80.9 Å². The molecule has 4 heteroatoms. The van der Waals surface area contributed by atoms with E-state index in [-0.39, 0.29) is 0 Å². The molecule has 0 rings (SSSR count). The number of hydrogen-bond donors (Lipinski definition) is 4. The second-order valence-electron chi connectivity index (χ2n) is 2.80. The average molecular weight is 192 g/mol. The van der Waals surface area contributed by atoms with Crippen LogP contribution >= 0.6 is 0 Å². The molecule has 4 N–H and O–H groups in total. The van der Waals surface area contributed by atoms with Crippen molar-refractivity contribution in [1.29, 1.82) is 0 Å². The summed E-state index contributed by atoms with van der Waals surface area (Å²) in [5.74, 6) is 0. The first-order valence-electron chi connectivity index (χ1n) is 4.17. The van der Waals surface area contributed by atoms with Gasteiger partial charge >= 0.3 is 0 Å². The summed E-state index contributed by atoms with van der Waals surface area (Å²) >= 11 is 0. The molecule has 0 atom stereocenters. The predicted molar refractivity (Wildman–Crippen MR) is 51.3 cm³/mol. The molecule has 0 spiro atoms. The Morgan fingerprint density at radius 1 is 0.769 bits per heavy atom. The molecule has 0 aromatic heterocycles. The van der Waals surface area contributed by atoms with Crippen LogP contribution in [-0.2, 0) is 0 Å². The highest BCUT2D eigenvalue weighted by molar-refractivity contribution is 4.74. The summed E-state index contributed by atoms with van der Waals surface area (Å²) in [7, 11) is 0. The fourth-order valence-corrected chi connectivity index (χ4v) is 0.300. The normalized spacial score (nSPS) is 11.2. The van der Waals surface area contributed by atoms with Crippen molar-refractivity contribution in [3.8, 4) is 0 Å². The van der Waals surface area contributed by atoms with Gasteiger partial charge in [-0.05, 0) is 13.8 Å². The summed E-state index contributed by atoms with van der Waals surface area (Å²) in [5, 5.41) is 34.0. The summed E-state index contributed by atoms with van der Waals surface area (Å²) in [6.07, 6.45) is 4.00. The molecule has 0 aromatic rings. The summed E-state index contributed by atoms with van der Waals surface area (Å²) in [6, 6.07) is 0.